The molecule has 0 N–H and O–H groups in total. The minimum atomic E-state index is -2.66. The van der Waals surface area contributed by atoms with E-state index < -0.39 is 18.1 Å². The number of amides is 1. The number of hydrogen-bond acceptors (Lipinski definition) is 4. The van der Waals surface area contributed by atoms with E-state index in [0.717, 1.165) is 5.56 Å². The molecule has 29 heavy (non-hydrogen) atoms. The third kappa shape index (κ3) is 5.59. The number of ether oxygens (including phenoxy) is 3. The topological polar surface area (TPSA) is 48.0 Å². The molecule has 0 radical (unpaired) electrons. The lowest BCUT2D eigenvalue weighted by Crippen LogP contribution is -2.37. The van der Waals surface area contributed by atoms with Crippen molar-refractivity contribution in [3.63, 3.8) is 0 Å². The van der Waals surface area contributed by atoms with Crippen molar-refractivity contribution in [1.29, 1.82) is 0 Å². The van der Waals surface area contributed by atoms with Crippen molar-refractivity contribution >= 4 is 6.09 Å². The molecule has 2 aromatic rings. The van der Waals surface area contributed by atoms with Crippen molar-refractivity contribution in [3.8, 4) is 11.5 Å². The standard InChI is InChI=1S/C22H25F2NO4/c1-22(2,3)29-21(26)25-9-10-27-18-11-16(20(23)24)12-19(17(18)13-25)28-14-15-7-5-4-6-8-15/h4-8,11-12,20H,9-10,13-14H2,1-3H3. The first-order chi connectivity index (χ1) is 13.7. The van der Waals surface area contributed by atoms with Gasteiger partial charge in [0.05, 0.1) is 18.7 Å². The molecule has 1 aliphatic heterocycles. The summed E-state index contributed by atoms with van der Waals surface area (Å²) in [6.07, 6.45) is -3.14. The second-order valence-electron chi connectivity index (χ2n) is 7.82. The van der Waals surface area contributed by atoms with Gasteiger partial charge in [0.25, 0.3) is 6.43 Å². The van der Waals surface area contributed by atoms with Crippen LogP contribution in [0.4, 0.5) is 13.6 Å². The van der Waals surface area contributed by atoms with Crippen molar-refractivity contribution in [3.05, 3.63) is 59.2 Å². The van der Waals surface area contributed by atoms with Crippen LogP contribution < -0.4 is 9.47 Å². The summed E-state index contributed by atoms with van der Waals surface area (Å²) in [5.41, 5.74) is 0.632. The molecule has 156 valence electrons. The second-order valence-corrected chi connectivity index (χ2v) is 7.82. The fourth-order valence-electron chi connectivity index (χ4n) is 2.93. The number of carbonyl (C=O) groups excluding carboxylic acids is 1. The van der Waals surface area contributed by atoms with Crippen LogP contribution in [0.5, 0.6) is 11.5 Å². The Morgan fingerprint density at radius 1 is 1.21 bits per heavy atom. The molecule has 2 aromatic carbocycles. The van der Waals surface area contributed by atoms with Gasteiger partial charge in [-0.2, -0.15) is 0 Å². The van der Waals surface area contributed by atoms with Gasteiger partial charge in [-0.1, -0.05) is 30.3 Å². The lowest BCUT2D eigenvalue weighted by molar-refractivity contribution is 0.0224. The highest BCUT2D eigenvalue weighted by atomic mass is 19.3. The maximum absolute atomic E-state index is 13.4. The molecule has 7 heteroatoms. The molecule has 0 saturated heterocycles. The highest BCUT2D eigenvalue weighted by Crippen LogP contribution is 2.37. The minimum absolute atomic E-state index is 0.151. The van der Waals surface area contributed by atoms with E-state index in [4.69, 9.17) is 14.2 Å². The Morgan fingerprint density at radius 2 is 1.93 bits per heavy atom. The average Bonchev–Trinajstić information content (AvgIpc) is 2.88. The third-order valence-electron chi connectivity index (χ3n) is 4.30. The lowest BCUT2D eigenvalue weighted by atomic mass is 10.1. The van der Waals surface area contributed by atoms with E-state index in [1.165, 1.54) is 17.0 Å². The van der Waals surface area contributed by atoms with E-state index in [-0.39, 0.29) is 37.6 Å². The van der Waals surface area contributed by atoms with E-state index >= 15 is 0 Å². The van der Waals surface area contributed by atoms with Crippen LogP contribution in [0.25, 0.3) is 0 Å². The Morgan fingerprint density at radius 3 is 2.59 bits per heavy atom. The number of halogens is 2. The third-order valence-corrected chi connectivity index (χ3v) is 4.30. The zero-order valence-corrected chi connectivity index (χ0v) is 16.8. The molecule has 0 fully saturated rings. The summed E-state index contributed by atoms with van der Waals surface area (Å²) in [7, 11) is 0. The molecular weight excluding hydrogens is 380 g/mol. The zero-order valence-electron chi connectivity index (χ0n) is 16.8. The van der Waals surface area contributed by atoms with Gasteiger partial charge in [0, 0.05) is 5.56 Å². The van der Waals surface area contributed by atoms with E-state index in [1.54, 1.807) is 20.8 Å². The van der Waals surface area contributed by atoms with Crippen LogP contribution in [0.3, 0.4) is 0 Å². The van der Waals surface area contributed by atoms with Gasteiger partial charge >= 0.3 is 6.09 Å². The van der Waals surface area contributed by atoms with Gasteiger partial charge in [-0.15, -0.1) is 0 Å². The van der Waals surface area contributed by atoms with Crippen LogP contribution in [0.1, 0.15) is 43.9 Å². The maximum Gasteiger partial charge on any atom is 0.410 e. The number of alkyl halides is 2. The second kappa shape index (κ2) is 8.68. The normalized spacial score (nSPS) is 14.1. The Kier molecular flexibility index (Phi) is 6.25. The van der Waals surface area contributed by atoms with Crippen molar-refractivity contribution in [2.24, 2.45) is 0 Å². The van der Waals surface area contributed by atoms with Gasteiger partial charge in [0.1, 0.15) is 30.3 Å². The molecule has 1 heterocycles. The van der Waals surface area contributed by atoms with E-state index in [1.807, 2.05) is 30.3 Å². The fourth-order valence-corrected chi connectivity index (χ4v) is 2.93. The Labute approximate surface area is 169 Å². The van der Waals surface area contributed by atoms with Crippen LogP contribution in [0.15, 0.2) is 42.5 Å². The van der Waals surface area contributed by atoms with Crippen molar-refractivity contribution in [2.75, 3.05) is 13.2 Å². The van der Waals surface area contributed by atoms with Crippen LogP contribution in [-0.4, -0.2) is 29.7 Å². The largest absolute Gasteiger partial charge is 0.491 e. The summed E-state index contributed by atoms with van der Waals surface area (Å²) < 4.78 is 43.8. The summed E-state index contributed by atoms with van der Waals surface area (Å²) in [5.74, 6) is 0.578. The number of nitrogens with zero attached hydrogens (tertiary/aromatic N) is 1. The molecule has 0 atom stereocenters. The maximum atomic E-state index is 13.4. The first-order valence-corrected chi connectivity index (χ1v) is 9.45. The number of carbonyl (C=O) groups is 1. The SMILES string of the molecule is CC(C)(C)OC(=O)N1CCOc2cc(C(F)F)cc(OCc3ccccc3)c2C1. The molecule has 0 saturated carbocycles. The highest BCUT2D eigenvalue weighted by Gasteiger charge is 2.28. The van der Waals surface area contributed by atoms with Gasteiger partial charge in [0.2, 0.25) is 0 Å². The summed E-state index contributed by atoms with van der Waals surface area (Å²) in [6, 6.07) is 12.0. The van der Waals surface area contributed by atoms with Crippen molar-refractivity contribution in [1.82, 2.24) is 4.90 Å². The molecule has 0 unspecified atom stereocenters. The summed E-state index contributed by atoms with van der Waals surface area (Å²) in [4.78, 5) is 14.0. The van der Waals surface area contributed by atoms with E-state index in [9.17, 15) is 13.6 Å². The average molecular weight is 405 g/mol. The summed E-state index contributed by atoms with van der Waals surface area (Å²) >= 11 is 0. The van der Waals surface area contributed by atoms with Crippen LogP contribution in [-0.2, 0) is 17.9 Å². The molecule has 3 rings (SSSR count). The number of benzene rings is 2. The Bertz CT molecular complexity index is 850. The van der Waals surface area contributed by atoms with Crippen LogP contribution in [0.2, 0.25) is 0 Å². The van der Waals surface area contributed by atoms with Gasteiger partial charge in [0.15, 0.2) is 0 Å². The lowest BCUT2D eigenvalue weighted by Gasteiger charge is -2.26. The predicted octanol–water partition coefficient (Wildman–Crippen LogP) is 5.33. The summed E-state index contributed by atoms with van der Waals surface area (Å²) in [6.45, 7) is 6.19. The van der Waals surface area contributed by atoms with Gasteiger partial charge in [-0.3, -0.25) is 0 Å². The predicted molar refractivity (Wildman–Crippen MR) is 104 cm³/mol. The molecule has 0 bridgehead atoms. The Balaban J connectivity index is 1.89. The molecule has 0 aliphatic carbocycles. The number of fused-ring (bicyclic) bond motifs is 1. The molecule has 1 aliphatic rings. The van der Waals surface area contributed by atoms with Crippen LogP contribution >= 0.6 is 0 Å². The fraction of sp³-hybridized carbons (Fsp3) is 0.409. The quantitative estimate of drug-likeness (QED) is 0.690. The minimum Gasteiger partial charge on any atom is -0.491 e. The molecule has 1 amide bonds. The smallest absolute Gasteiger partial charge is 0.410 e. The molecule has 5 nitrogen and oxygen atoms in total. The van der Waals surface area contributed by atoms with Crippen molar-refractivity contribution in [2.45, 2.75) is 45.9 Å². The first-order valence-electron chi connectivity index (χ1n) is 9.45. The van der Waals surface area contributed by atoms with Gasteiger partial charge in [-0.25, -0.2) is 13.6 Å². The van der Waals surface area contributed by atoms with Gasteiger partial charge in [-0.05, 0) is 38.5 Å². The molecule has 0 aromatic heterocycles. The molecular formula is C22H25F2NO4. The van der Waals surface area contributed by atoms with Crippen molar-refractivity contribution < 1.29 is 27.8 Å². The van der Waals surface area contributed by atoms with E-state index in [0.29, 0.717) is 11.3 Å². The zero-order chi connectivity index (χ0) is 21.0. The van der Waals surface area contributed by atoms with E-state index in [2.05, 4.69) is 0 Å². The number of rotatable bonds is 4. The monoisotopic (exact) mass is 405 g/mol. The summed E-state index contributed by atoms with van der Waals surface area (Å²) in [5, 5.41) is 0. The highest BCUT2D eigenvalue weighted by molar-refractivity contribution is 5.69. The Hall–Kier alpha value is -2.83. The van der Waals surface area contributed by atoms with Gasteiger partial charge < -0.3 is 19.1 Å². The van der Waals surface area contributed by atoms with Crippen LogP contribution in [0, 0.1) is 0 Å². The molecule has 0 spiro atoms. The number of hydrogen-bond donors (Lipinski definition) is 0. The first kappa shape index (κ1) is 20.9.